The van der Waals surface area contributed by atoms with Crippen LogP contribution in [0.2, 0.25) is 0 Å². The maximum absolute atomic E-state index is 13.6. The van der Waals surface area contributed by atoms with Gasteiger partial charge in [-0.1, -0.05) is 6.07 Å². The third-order valence-corrected chi connectivity index (χ3v) is 4.46. The van der Waals surface area contributed by atoms with Crippen molar-refractivity contribution in [2.24, 2.45) is 7.05 Å². The number of benzene rings is 1. The summed E-state index contributed by atoms with van der Waals surface area (Å²) < 4.78 is 43.4. The smallest absolute Gasteiger partial charge is 0.374 e. The second-order valence-electron chi connectivity index (χ2n) is 6.83. The van der Waals surface area contributed by atoms with Crippen LogP contribution in [-0.4, -0.2) is 36.5 Å². The monoisotopic (exact) mass is 407 g/mol. The Morgan fingerprint density at radius 3 is 2.52 bits per heavy atom. The van der Waals surface area contributed by atoms with Crippen LogP contribution in [0.15, 0.2) is 42.7 Å². The van der Waals surface area contributed by atoms with E-state index >= 15 is 0 Å². The largest absolute Gasteiger partial charge is 0.425 e. The number of rotatable bonds is 5. The summed E-state index contributed by atoms with van der Waals surface area (Å²) in [7, 11) is 1.31. The third-order valence-electron chi connectivity index (χ3n) is 4.46. The molecule has 0 aliphatic heterocycles. The van der Waals surface area contributed by atoms with Crippen LogP contribution in [-0.2, 0) is 17.4 Å². The van der Waals surface area contributed by atoms with Crippen molar-refractivity contribution >= 4 is 11.6 Å². The van der Waals surface area contributed by atoms with Crippen LogP contribution in [0.5, 0.6) is 0 Å². The van der Waals surface area contributed by atoms with Crippen molar-refractivity contribution in [3.63, 3.8) is 0 Å². The number of halogens is 3. The molecule has 0 bridgehead atoms. The molecule has 2 heterocycles. The number of hydrogen-bond donors (Lipinski definition) is 2. The number of anilines is 1. The van der Waals surface area contributed by atoms with Crippen molar-refractivity contribution in [3.05, 3.63) is 59.9 Å². The lowest BCUT2D eigenvalue weighted by atomic mass is 9.97. The van der Waals surface area contributed by atoms with Crippen LogP contribution < -0.4 is 5.32 Å². The lowest BCUT2D eigenvalue weighted by Gasteiger charge is -2.29. The van der Waals surface area contributed by atoms with Gasteiger partial charge < -0.3 is 15.0 Å². The van der Waals surface area contributed by atoms with E-state index in [-0.39, 0.29) is 5.69 Å². The molecule has 0 aliphatic carbocycles. The van der Waals surface area contributed by atoms with E-state index in [1.807, 2.05) is 19.9 Å². The lowest BCUT2D eigenvalue weighted by molar-refractivity contribution is -0.270. The van der Waals surface area contributed by atoms with Gasteiger partial charge >= 0.3 is 6.18 Å². The first-order valence-corrected chi connectivity index (χ1v) is 8.72. The number of aromatic nitrogens is 4. The fourth-order valence-electron chi connectivity index (χ4n) is 3.11. The molecule has 0 saturated carbocycles. The van der Waals surface area contributed by atoms with Gasteiger partial charge in [-0.05, 0) is 38.1 Å². The second-order valence-corrected chi connectivity index (χ2v) is 6.83. The molecule has 1 aromatic carbocycles. The van der Waals surface area contributed by atoms with Gasteiger partial charge in [0.1, 0.15) is 0 Å². The van der Waals surface area contributed by atoms with Crippen molar-refractivity contribution in [2.45, 2.75) is 32.0 Å². The minimum absolute atomic E-state index is 0.282. The van der Waals surface area contributed by atoms with E-state index < -0.39 is 29.9 Å². The summed E-state index contributed by atoms with van der Waals surface area (Å²) in [6.45, 7) is 3.70. The Morgan fingerprint density at radius 2 is 1.97 bits per heavy atom. The molecule has 29 heavy (non-hydrogen) atoms. The summed E-state index contributed by atoms with van der Waals surface area (Å²) in [5, 5.41) is 17.1. The summed E-state index contributed by atoms with van der Waals surface area (Å²) in [4.78, 5) is 16.0. The highest BCUT2D eigenvalue weighted by Crippen LogP contribution is 2.40. The van der Waals surface area contributed by atoms with Gasteiger partial charge in [0.15, 0.2) is 5.82 Å². The van der Waals surface area contributed by atoms with E-state index in [0.29, 0.717) is 5.69 Å². The Labute approximate surface area is 164 Å². The summed E-state index contributed by atoms with van der Waals surface area (Å²) in [5.41, 5.74) is -0.815. The number of aryl methyl sites for hydroxylation is 3. The van der Waals surface area contributed by atoms with Gasteiger partial charge in [-0.25, -0.2) is 9.67 Å². The van der Waals surface area contributed by atoms with Crippen molar-refractivity contribution in [2.75, 3.05) is 5.32 Å². The van der Waals surface area contributed by atoms with E-state index in [1.54, 1.807) is 28.9 Å². The molecule has 1 amide bonds. The topological polar surface area (TPSA) is 85.0 Å². The van der Waals surface area contributed by atoms with Crippen LogP contribution in [0.25, 0.3) is 5.69 Å². The van der Waals surface area contributed by atoms with E-state index in [4.69, 9.17) is 0 Å². The van der Waals surface area contributed by atoms with Gasteiger partial charge in [-0.3, -0.25) is 4.79 Å². The Bertz CT molecular complexity index is 1040. The van der Waals surface area contributed by atoms with Gasteiger partial charge in [-0.15, -0.1) is 0 Å². The van der Waals surface area contributed by atoms with Crippen LogP contribution in [0, 0.1) is 13.8 Å². The number of hydrogen-bond acceptors (Lipinski definition) is 4. The molecule has 0 radical (unpaired) electrons. The molecular formula is C19H20F3N5O2. The highest BCUT2D eigenvalue weighted by Gasteiger charge is 2.58. The van der Waals surface area contributed by atoms with Crippen LogP contribution >= 0.6 is 0 Å². The average molecular weight is 407 g/mol. The number of nitrogens with one attached hydrogen (secondary N) is 1. The maximum atomic E-state index is 13.6. The first-order valence-electron chi connectivity index (χ1n) is 8.72. The van der Waals surface area contributed by atoms with E-state index in [9.17, 15) is 23.1 Å². The molecule has 1 atom stereocenters. The maximum Gasteiger partial charge on any atom is 0.425 e. The number of amides is 1. The zero-order valence-electron chi connectivity index (χ0n) is 16.0. The molecule has 1 unspecified atom stereocenters. The highest BCUT2D eigenvalue weighted by molar-refractivity contribution is 5.91. The zero-order valence-corrected chi connectivity index (χ0v) is 16.0. The Hall–Kier alpha value is -3.14. The van der Waals surface area contributed by atoms with Gasteiger partial charge in [0.25, 0.3) is 0 Å². The number of carbonyl (C=O) groups excluding carboxylic acids is 1. The fourth-order valence-corrected chi connectivity index (χ4v) is 3.11. The molecule has 10 heteroatoms. The van der Waals surface area contributed by atoms with E-state index in [0.717, 1.165) is 22.2 Å². The van der Waals surface area contributed by atoms with E-state index in [2.05, 4.69) is 15.4 Å². The third kappa shape index (κ3) is 4.02. The van der Waals surface area contributed by atoms with Crippen LogP contribution in [0.4, 0.5) is 18.9 Å². The molecule has 3 rings (SSSR count). The molecule has 0 fully saturated rings. The fraction of sp³-hybridized carbons (Fsp3) is 0.316. The Balaban J connectivity index is 1.84. The van der Waals surface area contributed by atoms with Crippen LogP contribution in [0.1, 0.15) is 23.6 Å². The van der Waals surface area contributed by atoms with Gasteiger partial charge in [0.05, 0.1) is 17.8 Å². The average Bonchev–Trinajstić information content (AvgIpc) is 3.19. The Morgan fingerprint density at radius 1 is 1.24 bits per heavy atom. The first kappa shape index (κ1) is 20.6. The molecule has 7 nitrogen and oxygen atoms in total. The molecule has 0 aliphatic rings. The minimum Gasteiger partial charge on any atom is -0.374 e. The predicted octanol–water partition coefficient (Wildman–Crippen LogP) is 3.00. The first-order chi connectivity index (χ1) is 13.5. The minimum atomic E-state index is -5.09. The second kappa shape index (κ2) is 7.36. The number of nitrogens with zero attached hydrogens (tertiary/aromatic N) is 4. The lowest BCUT2D eigenvalue weighted by Crippen LogP contribution is -2.46. The standard InChI is InChI=1S/C19H20F3N5O2/c1-12-9-13(2)27(25-12)15-6-4-5-14(10-15)24-16(28)11-18(29,19(20,21)22)17-23-7-8-26(17)3/h4-10,29H,11H2,1-3H3,(H,24,28). The number of alkyl halides is 3. The summed E-state index contributed by atoms with van der Waals surface area (Å²) in [6.07, 6.45) is -3.93. The van der Waals surface area contributed by atoms with E-state index in [1.165, 1.54) is 13.2 Å². The van der Waals surface area contributed by atoms with Gasteiger partial charge in [0, 0.05) is 30.8 Å². The van der Waals surface area contributed by atoms with Crippen molar-refractivity contribution in [1.29, 1.82) is 0 Å². The SMILES string of the molecule is Cc1cc(C)n(-c2cccc(NC(=O)CC(O)(c3nccn3C)C(F)(F)F)c2)n1. The number of imidazole rings is 1. The molecule has 0 spiro atoms. The van der Waals surface area contributed by atoms with Crippen molar-refractivity contribution < 1.29 is 23.1 Å². The summed E-state index contributed by atoms with van der Waals surface area (Å²) in [5.74, 6) is -1.66. The summed E-state index contributed by atoms with van der Waals surface area (Å²) in [6, 6.07) is 8.41. The molecule has 0 saturated heterocycles. The summed E-state index contributed by atoms with van der Waals surface area (Å²) >= 11 is 0. The normalized spacial score (nSPS) is 13.9. The van der Waals surface area contributed by atoms with Crippen LogP contribution in [0.3, 0.4) is 0 Å². The van der Waals surface area contributed by atoms with Gasteiger partial charge in [0.2, 0.25) is 11.5 Å². The number of aliphatic hydroxyl groups is 1. The quantitative estimate of drug-likeness (QED) is 0.681. The van der Waals surface area contributed by atoms with Crippen molar-refractivity contribution in [3.8, 4) is 5.69 Å². The van der Waals surface area contributed by atoms with Crippen molar-refractivity contribution in [1.82, 2.24) is 19.3 Å². The number of carbonyl (C=O) groups is 1. The molecule has 2 aromatic heterocycles. The molecular weight excluding hydrogens is 387 g/mol. The Kier molecular flexibility index (Phi) is 5.22. The zero-order chi connectivity index (χ0) is 21.4. The van der Waals surface area contributed by atoms with Gasteiger partial charge in [-0.2, -0.15) is 18.3 Å². The predicted molar refractivity (Wildman–Crippen MR) is 99.4 cm³/mol. The molecule has 2 N–H and O–H groups in total. The highest BCUT2D eigenvalue weighted by atomic mass is 19.4. The molecule has 154 valence electrons. The molecule has 3 aromatic rings.